The Morgan fingerprint density at radius 1 is 1.24 bits per heavy atom. The first-order valence-corrected chi connectivity index (χ1v) is 8.98. The average molecular weight is 295 g/mol. The summed E-state index contributed by atoms with van der Waals surface area (Å²) in [5.74, 6) is 0.287. The van der Waals surface area contributed by atoms with Crippen molar-refractivity contribution in [1.29, 1.82) is 0 Å². The summed E-state index contributed by atoms with van der Waals surface area (Å²) in [5, 5.41) is 6.63. The molecule has 0 aromatic heterocycles. The topological polar surface area (TPSA) is 44.4 Å². The fourth-order valence-corrected chi connectivity index (χ4v) is 3.84. The first kappa shape index (κ1) is 16.8. The molecule has 2 aliphatic heterocycles. The molecule has 0 saturated carbocycles. The molecular weight excluding hydrogens is 262 g/mol. The molecule has 0 aromatic rings. The van der Waals surface area contributed by atoms with Crippen LogP contribution in [0.3, 0.4) is 0 Å². The van der Waals surface area contributed by atoms with Crippen molar-refractivity contribution < 1.29 is 4.79 Å². The number of piperidine rings is 2. The van der Waals surface area contributed by atoms with E-state index in [0.717, 1.165) is 58.3 Å². The predicted octanol–water partition coefficient (Wildman–Crippen LogP) is 2.15. The Morgan fingerprint density at radius 2 is 2.05 bits per heavy atom. The Bertz CT molecular complexity index is 302. The highest BCUT2D eigenvalue weighted by molar-refractivity contribution is 5.83. The van der Waals surface area contributed by atoms with Crippen LogP contribution in [0.4, 0.5) is 0 Å². The number of nitrogens with zero attached hydrogens (tertiary/aromatic N) is 1. The highest BCUT2D eigenvalue weighted by Crippen LogP contribution is 2.31. The van der Waals surface area contributed by atoms with Crippen LogP contribution in [0.5, 0.6) is 0 Å². The molecule has 122 valence electrons. The van der Waals surface area contributed by atoms with E-state index >= 15 is 0 Å². The quantitative estimate of drug-likeness (QED) is 0.707. The number of rotatable bonds is 7. The lowest BCUT2D eigenvalue weighted by atomic mass is 9.76. The Balaban J connectivity index is 1.69. The minimum absolute atomic E-state index is 0.141. The molecule has 0 aliphatic carbocycles. The third kappa shape index (κ3) is 4.96. The van der Waals surface area contributed by atoms with E-state index in [1.807, 2.05) is 0 Å². The standard InChI is InChI=1S/C17H33N3O/c1-2-8-17(9-6-10-18-15-17)16(21)19-11-7-14-20-12-4-3-5-13-20/h18H,2-15H2,1H3,(H,19,21). The molecule has 0 aromatic carbocycles. The van der Waals surface area contributed by atoms with E-state index in [9.17, 15) is 4.79 Å². The summed E-state index contributed by atoms with van der Waals surface area (Å²) in [4.78, 5) is 15.1. The molecule has 2 N–H and O–H groups in total. The molecule has 2 heterocycles. The van der Waals surface area contributed by atoms with Crippen molar-refractivity contribution in [3.8, 4) is 0 Å². The van der Waals surface area contributed by atoms with Crippen LogP contribution in [-0.2, 0) is 4.79 Å². The van der Waals surface area contributed by atoms with Gasteiger partial charge in [-0.15, -0.1) is 0 Å². The van der Waals surface area contributed by atoms with Crippen molar-refractivity contribution in [3.63, 3.8) is 0 Å². The second-order valence-corrected chi connectivity index (χ2v) is 6.82. The van der Waals surface area contributed by atoms with Gasteiger partial charge >= 0.3 is 0 Å². The lowest BCUT2D eigenvalue weighted by Gasteiger charge is -2.36. The van der Waals surface area contributed by atoms with Gasteiger partial charge in [0.2, 0.25) is 5.91 Å². The van der Waals surface area contributed by atoms with E-state index in [1.54, 1.807) is 0 Å². The third-order valence-electron chi connectivity index (χ3n) is 5.07. The van der Waals surface area contributed by atoms with E-state index in [-0.39, 0.29) is 11.3 Å². The van der Waals surface area contributed by atoms with Gasteiger partial charge in [0.25, 0.3) is 0 Å². The second kappa shape index (κ2) is 8.74. The molecule has 1 atom stereocenters. The summed E-state index contributed by atoms with van der Waals surface area (Å²) in [6, 6.07) is 0. The molecule has 2 rings (SSSR count). The van der Waals surface area contributed by atoms with Crippen LogP contribution in [0, 0.1) is 5.41 Å². The van der Waals surface area contributed by atoms with Crippen molar-refractivity contribution in [1.82, 2.24) is 15.5 Å². The number of likely N-dealkylation sites (tertiary alicyclic amines) is 1. The Hall–Kier alpha value is -0.610. The predicted molar refractivity (Wildman–Crippen MR) is 87.4 cm³/mol. The van der Waals surface area contributed by atoms with Gasteiger partial charge in [0.1, 0.15) is 0 Å². The van der Waals surface area contributed by atoms with Crippen molar-refractivity contribution >= 4 is 5.91 Å². The van der Waals surface area contributed by atoms with Gasteiger partial charge in [-0.25, -0.2) is 0 Å². The molecule has 2 saturated heterocycles. The fourth-order valence-electron chi connectivity index (χ4n) is 3.84. The number of carbonyl (C=O) groups is 1. The van der Waals surface area contributed by atoms with Crippen molar-refractivity contribution in [2.45, 2.75) is 58.3 Å². The van der Waals surface area contributed by atoms with Gasteiger partial charge in [-0.05, 0) is 64.7 Å². The van der Waals surface area contributed by atoms with E-state index in [0.29, 0.717) is 0 Å². The van der Waals surface area contributed by atoms with Crippen LogP contribution in [0.2, 0.25) is 0 Å². The van der Waals surface area contributed by atoms with Gasteiger partial charge in [0.15, 0.2) is 0 Å². The smallest absolute Gasteiger partial charge is 0.227 e. The molecule has 0 radical (unpaired) electrons. The number of carbonyl (C=O) groups excluding carboxylic acids is 1. The summed E-state index contributed by atoms with van der Waals surface area (Å²) in [6.07, 6.45) is 9.43. The summed E-state index contributed by atoms with van der Waals surface area (Å²) >= 11 is 0. The third-order valence-corrected chi connectivity index (χ3v) is 5.07. The number of hydrogen-bond acceptors (Lipinski definition) is 3. The van der Waals surface area contributed by atoms with Gasteiger partial charge in [0.05, 0.1) is 5.41 Å². The lowest BCUT2D eigenvalue weighted by molar-refractivity contribution is -0.132. The van der Waals surface area contributed by atoms with E-state index in [2.05, 4.69) is 22.5 Å². The van der Waals surface area contributed by atoms with E-state index < -0.39 is 0 Å². The van der Waals surface area contributed by atoms with Gasteiger partial charge in [0, 0.05) is 13.1 Å². The maximum absolute atomic E-state index is 12.6. The van der Waals surface area contributed by atoms with Gasteiger partial charge < -0.3 is 15.5 Å². The van der Waals surface area contributed by atoms with E-state index in [4.69, 9.17) is 0 Å². The van der Waals surface area contributed by atoms with Crippen molar-refractivity contribution in [3.05, 3.63) is 0 Å². The number of nitrogens with one attached hydrogen (secondary N) is 2. The Morgan fingerprint density at radius 3 is 2.71 bits per heavy atom. The van der Waals surface area contributed by atoms with Crippen LogP contribution in [0.1, 0.15) is 58.3 Å². The second-order valence-electron chi connectivity index (χ2n) is 6.82. The van der Waals surface area contributed by atoms with Crippen LogP contribution in [0.25, 0.3) is 0 Å². The zero-order chi connectivity index (χ0) is 15.0. The minimum Gasteiger partial charge on any atom is -0.356 e. The molecule has 0 spiro atoms. The largest absolute Gasteiger partial charge is 0.356 e. The lowest BCUT2D eigenvalue weighted by Crippen LogP contribution is -2.50. The molecule has 21 heavy (non-hydrogen) atoms. The fraction of sp³-hybridized carbons (Fsp3) is 0.941. The Kier molecular flexibility index (Phi) is 6.97. The maximum atomic E-state index is 12.6. The minimum atomic E-state index is -0.141. The van der Waals surface area contributed by atoms with E-state index in [1.165, 1.54) is 32.4 Å². The van der Waals surface area contributed by atoms with Gasteiger partial charge in [-0.3, -0.25) is 4.79 Å². The molecule has 1 unspecified atom stereocenters. The van der Waals surface area contributed by atoms with Gasteiger partial charge in [-0.1, -0.05) is 19.8 Å². The van der Waals surface area contributed by atoms with Crippen molar-refractivity contribution in [2.24, 2.45) is 5.41 Å². The first-order valence-electron chi connectivity index (χ1n) is 8.98. The van der Waals surface area contributed by atoms with Crippen molar-refractivity contribution in [2.75, 3.05) is 39.3 Å². The first-order chi connectivity index (χ1) is 10.3. The molecule has 4 heteroatoms. The summed E-state index contributed by atoms with van der Waals surface area (Å²) < 4.78 is 0. The van der Waals surface area contributed by atoms with Gasteiger partial charge in [-0.2, -0.15) is 0 Å². The highest BCUT2D eigenvalue weighted by atomic mass is 16.2. The molecule has 1 amide bonds. The number of amides is 1. The molecule has 0 bridgehead atoms. The average Bonchev–Trinajstić information content (AvgIpc) is 2.53. The summed E-state index contributed by atoms with van der Waals surface area (Å²) in [5.41, 5.74) is -0.141. The molecule has 2 fully saturated rings. The molecule has 2 aliphatic rings. The zero-order valence-corrected chi connectivity index (χ0v) is 13.8. The zero-order valence-electron chi connectivity index (χ0n) is 13.8. The summed E-state index contributed by atoms with van der Waals surface area (Å²) in [7, 11) is 0. The monoisotopic (exact) mass is 295 g/mol. The van der Waals surface area contributed by atoms with Crippen LogP contribution in [0.15, 0.2) is 0 Å². The maximum Gasteiger partial charge on any atom is 0.227 e. The number of hydrogen-bond donors (Lipinski definition) is 2. The van der Waals surface area contributed by atoms with Crippen LogP contribution >= 0.6 is 0 Å². The highest BCUT2D eigenvalue weighted by Gasteiger charge is 2.38. The normalized spacial score (nSPS) is 27.5. The Labute approximate surface area is 130 Å². The summed E-state index contributed by atoms with van der Waals surface area (Å²) in [6.45, 7) is 8.57. The molecular formula is C17H33N3O. The SMILES string of the molecule is CCCC1(C(=O)NCCCN2CCCCC2)CCCNC1. The molecule has 4 nitrogen and oxygen atoms in total. The van der Waals surface area contributed by atoms with Crippen LogP contribution in [-0.4, -0.2) is 50.1 Å². The van der Waals surface area contributed by atoms with Crippen LogP contribution < -0.4 is 10.6 Å².